The third kappa shape index (κ3) is 4.09. The van der Waals surface area contributed by atoms with Crippen LogP contribution in [-0.2, 0) is 9.53 Å². The normalized spacial score (nSPS) is 11.7. The number of carbonyl (C=O) groups excluding carboxylic acids is 1. The number of nitrogens with zero attached hydrogens (tertiary/aromatic N) is 1. The van der Waals surface area contributed by atoms with Crippen molar-refractivity contribution < 1.29 is 9.53 Å². The summed E-state index contributed by atoms with van der Waals surface area (Å²) in [6.45, 7) is 1.37. The average Bonchev–Trinajstić information content (AvgIpc) is 2.21. The third-order valence-electron chi connectivity index (χ3n) is 2.00. The molecule has 0 amide bonds. The van der Waals surface area contributed by atoms with Gasteiger partial charge in [-0.05, 0) is 12.1 Å². The van der Waals surface area contributed by atoms with Gasteiger partial charge in [0.1, 0.15) is 12.5 Å². The van der Waals surface area contributed by atoms with Gasteiger partial charge in [-0.15, -0.1) is 0 Å². The van der Waals surface area contributed by atoms with E-state index in [1.807, 2.05) is 12.1 Å². The summed E-state index contributed by atoms with van der Waals surface area (Å²) in [5.74, 6) is -0.898. The molecule has 0 aliphatic heterocycles. The number of hydrogen-bond donors (Lipinski definition) is 0. The minimum absolute atomic E-state index is 0.0463. The maximum Gasteiger partial charge on any atom is 0.302 e. The Balaban J connectivity index is 3.04. The van der Waals surface area contributed by atoms with Crippen molar-refractivity contribution >= 4 is 53.8 Å². The highest BCUT2D eigenvalue weighted by Gasteiger charge is 2.19. The van der Waals surface area contributed by atoms with Gasteiger partial charge in [0.05, 0.1) is 6.07 Å². The van der Waals surface area contributed by atoms with Crippen LogP contribution in [0.1, 0.15) is 18.4 Å². The molecule has 1 aromatic rings. The van der Waals surface area contributed by atoms with Crippen molar-refractivity contribution in [3.8, 4) is 6.07 Å². The molecule has 0 aliphatic rings. The number of esters is 1. The number of halogens is 3. The van der Waals surface area contributed by atoms with E-state index >= 15 is 0 Å². The second kappa shape index (κ2) is 6.53. The molecule has 0 heterocycles. The molecular formula is C11H8Br3NO2. The van der Waals surface area contributed by atoms with Gasteiger partial charge in [0.2, 0.25) is 0 Å². The van der Waals surface area contributed by atoms with Crippen LogP contribution in [0.5, 0.6) is 0 Å². The number of rotatable bonds is 3. The van der Waals surface area contributed by atoms with E-state index in [1.54, 1.807) is 0 Å². The second-order valence-corrected chi connectivity index (χ2v) is 5.89. The van der Waals surface area contributed by atoms with Crippen LogP contribution in [-0.4, -0.2) is 12.6 Å². The van der Waals surface area contributed by atoms with Gasteiger partial charge >= 0.3 is 5.97 Å². The van der Waals surface area contributed by atoms with E-state index in [9.17, 15) is 4.79 Å². The molecule has 1 atom stereocenters. The standard InChI is InChI=1S/C11H8Br3NO2/c1-6(16)17-5-7(4-15)11-9(13)2-8(12)3-10(11)14/h2-3,7H,5H2,1H3. The SMILES string of the molecule is CC(=O)OCC(C#N)c1c(Br)cc(Br)cc1Br. The Hall–Kier alpha value is -0.380. The zero-order chi connectivity index (χ0) is 13.0. The highest BCUT2D eigenvalue weighted by molar-refractivity contribution is 9.11. The molecule has 1 unspecified atom stereocenters. The number of ether oxygens (including phenoxy) is 1. The van der Waals surface area contributed by atoms with Gasteiger partial charge in [-0.25, -0.2) is 0 Å². The zero-order valence-electron chi connectivity index (χ0n) is 8.84. The Bertz CT molecular complexity index is 459. The molecule has 0 aliphatic carbocycles. The maximum atomic E-state index is 10.8. The molecule has 90 valence electrons. The van der Waals surface area contributed by atoms with Crippen LogP contribution in [0.4, 0.5) is 0 Å². The molecule has 6 heteroatoms. The highest BCUT2D eigenvalue weighted by atomic mass is 79.9. The van der Waals surface area contributed by atoms with Crippen molar-refractivity contribution in [2.45, 2.75) is 12.8 Å². The van der Waals surface area contributed by atoms with Crippen LogP contribution in [0.25, 0.3) is 0 Å². The van der Waals surface area contributed by atoms with Crippen LogP contribution in [0.2, 0.25) is 0 Å². The lowest BCUT2D eigenvalue weighted by Crippen LogP contribution is -2.10. The lowest BCUT2D eigenvalue weighted by molar-refractivity contribution is -0.141. The van der Waals surface area contributed by atoms with Crippen LogP contribution in [0.15, 0.2) is 25.6 Å². The smallest absolute Gasteiger partial charge is 0.302 e. The first-order chi connectivity index (χ1) is 7.95. The molecule has 0 radical (unpaired) electrons. The number of carbonyl (C=O) groups is 1. The van der Waals surface area contributed by atoms with Gasteiger partial charge in [-0.1, -0.05) is 47.8 Å². The summed E-state index contributed by atoms with van der Waals surface area (Å²) in [6.07, 6.45) is 0. The van der Waals surface area contributed by atoms with Crippen molar-refractivity contribution in [3.05, 3.63) is 31.1 Å². The van der Waals surface area contributed by atoms with E-state index in [2.05, 4.69) is 53.9 Å². The molecule has 0 fully saturated rings. The Morgan fingerprint density at radius 3 is 2.35 bits per heavy atom. The maximum absolute atomic E-state index is 10.8. The topological polar surface area (TPSA) is 50.1 Å². The fourth-order valence-electron chi connectivity index (χ4n) is 1.27. The Kier molecular flexibility index (Phi) is 5.63. The Morgan fingerprint density at radius 2 is 1.94 bits per heavy atom. The van der Waals surface area contributed by atoms with E-state index in [1.165, 1.54) is 6.92 Å². The van der Waals surface area contributed by atoms with Crippen LogP contribution < -0.4 is 0 Å². The third-order valence-corrected chi connectivity index (χ3v) is 3.77. The monoisotopic (exact) mass is 423 g/mol. The molecular weight excluding hydrogens is 418 g/mol. The van der Waals surface area contributed by atoms with Crippen LogP contribution >= 0.6 is 47.8 Å². The largest absolute Gasteiger partial charge is 0.464 e. The van der Waals surface area contributed by atoms with Crippen molar-refractivity contribution in [2.24, 2.45) is 0 Å². The Labute approximate surface area is 125 Å². The quantitative estimate of drug-likeness (QED) is 0.684. The summed E-state index contributed by atoms with van der Waals surface area (Å²) >= 11 is 10.1. The predicted octanol–water partition coefficient (Wildman–Crippen LogP) is 4.14. The summed E-state index contributed by atoms with van der Waals surface area (Å²) in [5.41, 5.74) is 0.775. The van der Waals surface area contributed by atoms with E-state index in [0.29, 0.717) is 0 Å². The van der Waals surface area contributed by atoms with Crippen LogP contribution in [0.3, 0.4) is 0 Å². The molecule has 17 heavy (non-hydrogen) atoms. The summed E-state index contributed by atoms with van der Waals surface area (Å²) < 4.78 is 7.35. The Morgan fingerprint density at radius 1 is 1.41 bits per heavy atom. The molecule has 0 spiro atoms. The van der Waals surface area contributed by atoms with E-state index in [4.69, 9.17) is 10.00 Å². The number of hydrogen-bond acceptors (Lipinski definition) is 3. The van der Waals surface area contributed by atoms with Crippen molar-refractivity contribution in [2.75, 3.05) is 6.61 Å². The molecule has 0 bridgehead atoms. The van der Waals surface area contributed by atoms with E-state index in [-0.39, 0.29) is 6.61 Å². The first-order valence-electron chi connectivity index (χ1n) is 4.63. The first-order valence-corrected chi connectivity index (χ1v) is 7.01. The highest BCUT2D eigenvalue weighted by Crippen LogP contribution is 2.35. The lowest BCUT2D eigenvalue weighted by Gasteiger charge is -2.13. The lowest BCUT2D eigenvalue weighted by atomic mass is 10.0. The molecule has 0 saturated heterocycles. The molecule has 0 aromatic heterocycles. The molecule has 0 N–H and O–H groups in total. The number of benzene rings is 1. The van der Waals surface area contributed by atoms with Gasteiger partial charge in [0.15, 0.2) is 0 Å². The van der Waals surface area contributed by atoms with Crippen LogP contribution in [0, 0.1) is 11.3 Å². The fourth-order valence-corrected chi connectivity index (χ4v) is 4.08. The average molecular weight is 426 g/mol. The van der Waals surface area contributed by atoms with Gasteiger partial charge in [0.25, 0.3) is 0 Å². The second-order valence-electron chi connectivity index (χ2n) is 3.27. The zero-order valence-corrected chi connectivity index (χ0v) is 13.6. The fraction of sp³-hybridized carbons (Fsp3) is 0.273. The van der Waals surface area contributed by atoms with Gasteiger partial charge < -0.3 is 4.74 Å². The molecule has 3 nitrogen and oxygen atoms in total. The minimum atomic E-state index is -0.504. The predicted molar refractivity (Wildman–Crippen MR) is 74.5 cm³/mol. The summed E-state index contributed by atoms with van der Waals surface area (Å²) in [5, 5.41) is 9.12. The minimum Gasteiger partial charge on any atom is -0.464 e. The summed E-state index contributed by atoms with van der Waals surface area (Å²) in [7, 11) is 0. The van der Waals surface area contributed by atoms with Gasteiger partial charge in [-0.2, -0.15) is 5.26 Å². The summed E-state index contributed by atoms with van der Waals surface area (Å²) in [6, 6.07) is 5.81. The first kappa shape index (κ1) is 14.7. The molecule has 1 aromatic carbocycles. The van der Waals surface area contributed by atoms with Gasteiger partial charge in [0, 0.05) is 25.9 Å². The van der Waals surface area contributed by atoms with Gasteiger partial charge in [-0.3, -0.25) is 4.79 Å². The van der Waals surface area contributed by atoms with Crippen molar-refractivity contribution in [1.82, 2.24) is 0 Å². The molecule has 0 saturated carbocycles. The van der Waals surface area contributed by atoms with E-state index in [0.717, 1.165) is 19.0 Å². The van der Waals surface area contributed by atoms with E-state index < -0.39 is 11.9 Å². The number of nitriles is 1. The molecule has 1 rings (SSSR count). The van der Waals surface area contributed by atoms with Crippen molar-refractivity contribution in [3.63, 3.8) is 0 Å². The van der Waals surface area contributed by atoms with Crippen molar-refractivity contribution in [1.29, 1.82) is 5.26 Å². The summed E-state index contributed by atoms with van der Waals surface area (Å²) in [4.78, 5) is 10.8.